The minimum absolute atomic E-state index is 0.698. The van der Waals surface area contributed by atoms with Crippen molar-refractivity contribution >= 4 is 0 Å². The predicted octanol–water partition coefficient (Wildman–Crippen LogP) is 3.55. The van der Waals surface area contributed by atoms with Gasteiger partial charge in [0.25, 0.3) is 0 Å². The topological polar surface area (TPSA) is 0 Å². The lowest BCUT2D eigenvalue weighted by atomic mass is 9.97. The molecule has 1 aliphatic carbocycles. The molecule has 62 valence electrons. The van der Waals surface area contributed by atoms with Gasteiger partial charge < -0.3 is 0 Å². The average Bonchev–Trinajstić information content (AvgIpc) is 2.52. The van der Waals surface area contributed by atoms with Crippen molar-refractivity contribution in [2.24, 2.45) is 11.8 Å². The van der Waals surface area contributed by atoms with Gasteiger partial charge in [-0.25, -0.2) is 0 Å². The molecule has 0 nitrogen and oxygen atoms in total. The summed E-state index contributed by atoms with van der Waals surface area (Å²) in [5.74, 6) is 1.57. The van der Waals surface area contributed by atoms with Crippen LogP contribution in [0, 0.1) is 11.8 Å². The first-order valence-corrected chi connectivity index (χ1v) is 4.62. The number of hydrogen-bond acceptors (Lipinski definition) is 0. The van der Waals surface area contributed by atoms with E-state index in [1.165, 1.54) is 25.7 Å². The quantitative estimate of drug-likeness (QED) is 0.537. The SMILES string of the molecule is C=CC(C)CCC1C=CCC1. The van der Waals surface area contributed by atoms with Crippen LogP contribution in [0.1, 0.15) is 32.6 Å². The van der Waals surface area contributed by atoms with E-state index in [0.29, 0.717) is 5.92 Å². The number of hydrogen-bond donors (Lipinski definition) is 0. The van der Waals surface area contributed by atoms with Crippen molar-refractivity contribution in [2.75, 3.05) is 0 Å². The van der Waals surface area contributed by atoms with Gasteiger partial charge in [-0.05, 0) is 37.5 Å². The maximum atomic E-state index is 3.79. The van der Waals surface area contributed by atoms with Crippen LogP contribution >= 0.6 is 0 Å². The highest BCUT2D eigenvalue weighted by Gasteiger charge is 2.09. The Kier molecular flexibility index (Phi) is 3.41. The second-order valence-electron chi connectivity index (χ2n) is 3.56. The molecule has 0 N–H and O–H groups in total. The summed E-state index contributed by atoms with van der Waals surface area (Å²) in [6.45, 7) is 6.03. The third kappa shape index (κ3) is 2.92. The van der Waals surface area contributed by atoms with E-state index in [1.54, 1.807) is 0 Å². The van der Waals surface area contributed by atoms with Crippen LogP contribution in [0.2, 0.25) is 0 Å². The lowest BCUT2D eigenvalue weighted by Crippen LogP contribution is -1.96. The maximum Gasteiger partial charge on any atom is -0.0230 e. The molecule has 0 fully saturated rings. The summed E-state index contributed by atoms with van der Waals surface area (Å²) >= 11 is 0. The molecule has 0 aromatic rings. The average molecular weight is 150 g/mol. The molecule has 0 aromatic carbocycles. The van der Waals surface area contributed by atoms with E-state index < -0.39 is 0 Å². The Balaban J connectivity index is 2.11. The van der Waals surface area contributed by atoms with Crippen LogP contribution < -0.4 is 0 Å². The lowest BCUT2D eigenvalue weighted by Gasteiger charge is -2.09. The first kappa shape index (κ1) is 8.58. The second-order valence-corrected chi connectivity index (χ2v) is 3.56. The van der Waals surface area contributed by atoms with Gasteiger partial charge in [0.1, 0.15) is 0 Å². The van der Waals surface area contributed by atoms with Crippen LogP contribution in [0.25, 0.3) is 0 Å². The molecule has 11 heavy (non-hydrogen) atoms. The van der Waals surface area contributed by atoms with Crippen LogP contribution in [0.4, 0.5) is 0 Å². The minimum Gasteiger partial charge on any atom is -0.103 e. The van der Waals surface area contributed by atoms with Crippen molar-refractivity contribution in [3.8, 4) is 0 Å². The van der Waals surface area contributed by atoms with Crippen LogP contribution in [0.5, 0.6) is 0 Å². The number of allylic oxidation sites excluding steroid dienone is 3. The first-order chi connectivity index (χ1) is 5.33. The van der Waals surface area contributed by atoms with Crippen molar-refractivity contribution < 1.29 is 0 Å². The van der Waals surface area contributed by atoms with Crippen LogP contribution in [-0.4, -0.2) is 0 Å². The van der Waals surface area contributed by atoms with E-state index in [2.05, 4.69) is 31.7 Å². The molecule has 1 aliphatic rings. The minimum atomic E-state index is 0.698. The fourth-order valence-corrected chi connectivity index (χ4v) is 1.53. The Morgan fingerprint density at radius 2 is 2.55 bits per heavy atom. The molecular formula is C11H18. The molecule has 0 radical (unpaired) electrons. The summed E-state index contributed by atoms with van der Waals surface area (Å²) in [4.78, 5) is 0. The number of rotatable bonds is 4. The fourth-order valence-electron chi connectivity index (χ4n) is 1.53. The summed E-state index contributed by atoms with van der Waals surface area (Å²) in [5, 5.41) is 0. The van der Waals surface area contributed by atoms with E-state index in [-0.39, 0.29) is 0 Å². The Hall–Kier alpha value is -0.520. The van der Waals surface area contributed by atoms with Gasteiger partial charge in [-0.3, -0.25) is 0 Å². The third-order valence-corrected chi connectivity index (χ3v) is 2.51. The smallest absolute Gasteiger partial charge is 0.0230 e. The van der Waals surface area contributed by atoms with Crippen LogP contribution in [-0.2, 0) is 0 Å². The summed E-state index contributed by atoms with van der Waals surface area (Å²) in [6.07, 6.45) is 12.1. The molecule has 0 heterocycles. The highest BCUT2D eigenvalue weighted by atomic mass is 14.1. The first-order valence-electron chi connectivity index (χ1n) is 4.62. The van der Waals surface area contributed by atoms with E-state index in [4.69, 9.17) is 0 Å². The molecule has 2 atom stereocenters. The predicted molar refractivity (Wildman–Crippen MR) is 50.5 cm³/mol. The van der Waals surface area contributed by atoms with Gasteiger partial charge in [0.15, 0.2) is 0 Å². The van der Waals surface area contributed by atoms with E-state index in [9.17, 15) is 0 Å². The zero-order chi connectivity index (χ0) is 8.10. The molecule has 2 unspecified atom stereocenters. The molecule has 0 aliphatic heterocycles. The Morgan fingerprint density at radius 3 is 3.09 bits per heavy atom. The molecule has 0 spiro atoms. The zero-order valence-electron chi connectivity index (χ0n) is 7.42. The van der Waals surface area contributed by atoms with Crippen molar-refractivity contribution in [2.45, 2.75) is 32.6 Å². The Bertz CT molecular complexity index is 144. The normalized spacial score (nSPS) is 25.4. The molecule has 0 aromatic heterocycles. The van der Waals surface area contributed by atoms with Crippen LogP contribution in [0.15, 0.2) is 24.8 Å². The van der Waals surface area contributed by atoms with Gasteiger partial charge in [0.05, 0.1) is 0 Å². The molecule has 1 rings (SSSR count). The molecule has 0 bridgehead atoms. The third-order valence-electron chi connectivity index (χ3n) is 2.51. The zero-order valence-corrected chi connectivity index (χ0v) is 7.42. The summed E-state index contributed by atoms with van der Waals surface area (Å²) in [6, 6.07) is 0. The van der Waals surface area contributed by atoms with Gasteiger partial charge in [-0.1, -0.05) is 25.2 Å². The van der Waals surface area contributed by atoms with E-state index in [0.717, 1.165) is 5.92 Å². The van der Waals surface area contributed by atoms with Gasteiger partial charge in [-0.2, -0.15) is 0 Å². The molecular weight excluding hydrogens is 132 g/mol. The lowest BCUT2D eigenvalue weighted by molar-refractivity contribution is 0.502. The second kappa shape index (κ2) is 4.38. The Morgan fingerprint density at radius 1 is 1.73 bits per heavy atom. The Labute approximate surface area is 70.0 Å². The standard InChI is InChI=1S/C11H18/c1-3-10(2)8-9-11-6-4-5-7-11/h3-4,6,10-11H,1,5,7-9H2,2H3. The van der Waals surface area contributed by atoms with Crippen molar-refractivity contribution in [3.63, 3.8) is 0 Å². The van der Waals surface area contributed by atoms with E-state index >= 15 is 0 Å². The van der Waals surface area contributed by atoms with Gasteiger partial charge in [0, 0.05) is 0 Å². The summed E-state index contributed by atoms with van der Waals surface area (Å²) in [7, 11) is 0. The maximum absolute atomic E-state index is 3.79. The van der Waals surface area contributed by atoms with E-state index in [1.807, 2.05) is 0 Å². The van der Waals surface area contributed by atoms with Gasteiger partial charge >= 0.3 is 0 Å². The van der Waals surface area contributed by atoms with Gasteiger partial charge in [-0.15, -0.1) is 6.58 Å². The molecule has 0 amide bonds. The highest BCUT2D eigenvalue weighted by Crippen LogP contribution is 2.23. The monoisotopic (exact) mass is 150 g/mol. The van der Waals surface area contributed by atoms with Crippen molar-refractivity contribution in [3.05, 3.63) is 24.8 Å². The van der Waals surface area contributed by atoms with Gasteiger partial charge in [0.2, 0.25) is 0 Å². The summed E-state index contributed by atoms with van der Waals surface area (Å²) in [5.41, 5.74) is 0. The molecule has 0 heteroatoms. The largest absolute Gasteiger partial charge is 0.103 e. The van der Waals surface area contributed by atoms with Crippen molar-refractivity contribution in [1.29, 1.82) is 0 Å². The molecule has 0 saturated carbocycles. The highest BCUT2D eigenvalue weighted by molar-refractivity contribution is 4.96. The summed E-state index contributed by atoms with van der Waals surface area (Å²) < 4.78 is 0. The molecule has 0 saturated heterocycles. The van der Waals surface area contributed by atoms with Crippen LogP contribution in [0.3, 0.4) is 0 Å². The fraction of sp³-hybridized carbons (Fsp3) is 0.636. The van der Waals surface area contributed by atoms with Crippen molar-refractivity contribution in [1.82, 2.24) is 0 Å².